The molecule has 0 bridgehead atoms. The second kappa shape index (κ2) is 6.35. The molecule has 1 aliphatic rings. The number of hydrogen-bond acceptors (Lipinski definition) is 4. The van der Waals surface area contributed by atoms with E-state index in [0.717, 1.165) is 32.7 Å². The second-order valence-corrected chi connectivity index (χ2v) is 4.83. The van der Waals surface area contributed by atoms with E-state index in [4.69, 9.17) is 9.47 Å². The molecule has 2 rings (SSSR count). The Morgan fingerprint density at radius 2 is 2.50 bits per heavy atom. The number of aryl methyl sites for hydroxylation is 1. The van der Waals surface area contributed by atoms with Crippen LogP contribution < -0.4 is 5.32 Å². The van der Waals surface area contributed by atoms with Crippen LogP contribution in [0.4, 0.5) is 0 Å². The molecular formula is C12H19NO2S. The Hall–Kier alpha value is -0.420. The quantitative estimate of drug-likeness (QED) is 0.851. The van der Waals surface area contributed by atoms with Crippen LogP contribution >= 0.6 is 11.3 Å². The van der Waals surface area contributed by atoms with Gasteiger partial charge in [0.25, 0.3) is 0 Å². The molecule has 1 aromatic rings. The monoisotopic (exact) mass is 241 g/mol. The lowest BCUT2D eigenvalue weighted by Crippen LogP contribution is -2.45. The molecule has 0 saturated carbocycles. The van der Waals surface area contributed by atoms with Gasteiger partial charge in [0.15, 0.2) is 0 Å². The van der Waals surface area contributed by atoms with Gasteiger partial charge in [-0.25, -0.2) is 0 Å². The van der Waals surface area contributed by atoms with Crippen LogP contribution in [0.25, 0.3) is 0 Å². The van der Waals surface area contributed by atoms with Gasteiger partial charge in [-0.3, -0.25) is 0 Å². The molecule has 2 unspecified atom stereocenters. The highest BCUT2D eigenvalue weighted by Crippen LogP contribution is 2.14. The van der Waals surface area contributed by atoms with Gasteiger partial charge in [0, 0.05) is 6.04 Å². The molecule has 2 heterocycles. The summed E-state index contributed by atoms with van der Waals surface area (Å²) in [5, 5.41) is 7.67. The minimum Gasteiger partial charge on any atom is -0.376 e. The Bertz CT molecular complexity index is 283. The van der Waals surface area contributed by atoms with Crippen molar-refractivity contribution < 1.29 is 9.47 Å². The van der Waals surface area contributed by atoms with E-state index in [-0.39, 0.29) is 6.10 Å². The van der Waals surface area contributed by atoms with Crippen LogP contribution in [0.1, 0.15) is 12.0 Å². The topological polar surface area (TPSA) is 30.5 Å². The molecule has 0 spiro atoms. The van der Waals surface area contributed by atoms with Gasteiger partial charge in [0.1, 0.15) is 0 Å². The average molecular weight is 241 g/mol. The van der Waals surface area contributed by atoms with E-state index in [1.54, 1.807) is 11.3 Å². The van der Waals surface area contributed by atoms with Crippen LogP contribution in [0.15, 0.2) is 16.8 Å². The first kappa shape index (κ1) is 12.0. The van der Waals surface area contributed by atoms with Crippen LogP contribution in [0.3, 0.4) is 0 Å². The summed E-state index contributed by atoms with van der Waals surface area (Å²) in [7, 11) is 2.00. The maximum Gasteiger partial charge on any atom is 0.0962 e. The van der Waals surface area contributed by atoms with Gasteiger partial charge in [0.05, 0.1) is 25.9 Å². The normalized spacial score (nSPS) is 23.2. The standard InChI is InChI=1S/C12H19NO2S/c1-13-11(12-8-14-5-6-15-12)3-2-10-4-7-16-9-10/h4,7,9,11-13H,2-3,5-6,8H2,1H3. The van der Waals surface area contributed by atoms with Gasteiger partial charge in [-0.15, -0.1) is 0 Å². The smallest absolute Gasteiger partial charge is 0.0962 e. The van der Waals surface area contributed by atoms with Crippen molar-refractivity contribution in [3.8, 4) is 0 Å². The van der Waals surface area contributed by atoms with E-state index in [0.29, 0.717) is 6.04 Å². The minimum absolute atomic E-state index is 0.206. The number of ether oxygens (including phenoxy) is 2. The zero-order valence-electron chi connectivity index (χ0n) is 9.65. The number of thiophene rings is 1. The van der Waals surface area contributed by atoms with E-state index in [9.17, 15) is 0 Å². The van der Waals surface area contributed by atoms with E-state index >= 15 is 0 Å². The van der Waals surface area contributed by atoms with Gasteiger partial charge < -0.3 is 14.8 Å². The van der Waals surface area contributed by atoms with Crippen molar-refractivity contribution >= 4 is 11.3 Å². The Morgan fingerprint density at radius 3 is 3.12 bits per heavy atom. The molecule has 90 valence electrons. The number of likely N-dealkylation sites (N-methyl/N-ethyl adjacent to an activating group) is 1. The van der Waals surface area contributed by atoms with Crippen molar-refractivity contribution in [1.29, 1.82) is 0 Å². The number of nitrogens with one attached hydrogen (secondary N) is 1. The molecule has 1 fully saturated rings. The van der Waals surface area contributed by atoms with Crippen molar-refractivity contribution in [1.82, 2.24) is 5.32 Å². The fraction of sp³-hybridized carbons (Fsp3) is 0.667. The molecule has 2 atom stereocenters. The van der Waals surface area contributed by atoms with Crippen molar-refractivity contribution in [2.24, 2.45) is 0 Å². The van der Waals surface area contributed by atoms with Gasteiger partial charge in [0.2, 0.25) is 0 Å². The van der Waals surface area contributed by atoms with Gasteiger partial charge in [-0.2, -0.15) is 11.3 Å². The first-order valence-corrected chi connectivity index (χ1v) is 6.72. The van der Waals surface area contributed by atoms with Crippen LogP contribution in [0.2, 0.25) is 0 Å². The summed E-state index contributed by atoms with van der Waals surface area (Å²) in [4.78, 5) is 0. The van der Waals surface area contributed by atoms with E-state index < -0.39 is 0 Å². The zero-order valence-corrected chi connectivity index (χ0v) is 10.5. The van der Waals surface area contributed by atoms with E-state index in [1.807, 2.05) is 7.05 Å². The molecule has 0 aromatic carbocycles. The number of rotatable bonds is 5. The first-order valence-electron chi connectivity index (χ1n) is 5.78. The van der Waals surface area contributed by atoms with Gasteiger partial charge in [-0.1, -0.05) is 0 Å². The fourth-order valence-electron chi connectivity index (χ4n) is 2.01. The average Bonchev–Trinajstić information content (AvgIpc) is 2.84. The summed E-state index contributed by atoms with van der Waals surface area (Å²) in [6, 6.07) is 2.58. The molecule has 3 nitrogen and oxygen atoms in total. The Morgan fingerprint density at radius 1 is 1.56 bits per heavy atom. The van der Waals surface area contributed by atoms with Crippen molar-refractivity contribution in [3.63, 3.8) is 0 Å². The van der Waals surface area contributed by atoms with Crippen molar-refractivity contribution in [3.05, 3.63) is 22.4 Å². The Kier molecular flexibility index (Phi) is 4.78. The fourth-order valence-corrected chi connectivity index (χ4v) is 2.71. The minimum atomic E-state index is 0.206. The van der Waals surface area contributed by atoms with Gasteiger partial charge in [-0.05, 0) is 42.3 Å². The van der Waals surface area contributed by atoms with E-state index in [2.05, 4.69) is 22.1 Å². The molecule has 16 heavy (non-hydrogen) atoms. The third-order valence-electron chi connectivity index (χ3n) is 2.99. The Balaban J connectivity index is 1.80. The van der Waals surface area contributed by atoms with Crippen molar-refractivity contribution in [2.45, 2.75) is 25.0 Å². The lowest BCUT2D eigenvalue weighted by molar-refractivity contribution is -0.101. The highest BCUT2D eigenvalue weighted by Gasteiger charge is 2.23. The van der Waals surface area contributed by atoms with Crippen LogP contribution in [-0.2, 0) is 15.9 Å². The summed E-state index contributed by atoms with van der Waals surface area (Å²) in [6.07, 6.45) is 2.41. The summed E-state index contributed by atoms with van der Waals surface area (Å²) in [5.74, 6) is 0. The maximum atomic E-state index is 5.72. The molecule has 1 aromatic heterocycles. The first-order chi connectivity index (χ1) is 7.90. The van der Waals surface area contributed by atoms with Crippen LogP contribution in [0, 0.1) is 0 Å². The summed E-state index contributed by atoms with van der Waals surface area (Å²) in [6.45, 7) is 2.17. The van der Waals surface area contributed by atoms with Gasteiger partial charge >= 0.3 is 0 Å². The highest BCUT2D eigenvalue weighted by molar-refractivity contribution is 7.07. The predicted octanol–water partition coefficient (Wildman–Crippen LogP) is 1.68. The largest absolute Gasteiger partial charge is 0.376 e. The SMILES string of the molecule is CNC(CCc1ccsc1)C1COCCO1. The number of hydrogen-bond donors (Lipinski definition) is 1. The third-order valence-corrected chi connectivity index (χ3v) is 3.72. The molecular weight excluding hydrogens is 222 g/mol. The summed E-state index contributed by atoms with van der Waals surface area (Å²) < 4.78 is 11.2. The molecule has 1 saturated heterocycles. The predicted molar refractivity (Wildman–Crippen MR) is 66.0 cm³/mol. The van der Waals surface area contributed by atoms with Crippen molar-refractivity contribution in [2.75, 3.05) is 26.9 Å². The van der Waals surface area contributed by atoms with Crippen LogP contribution in [-0.4, -0.2) is 39.0 Å². The molecule has 0 aliphatic carbocycles. The second-order valence-electron chi connectivity index (χ2n) is 4.05. The molecule has 0 amide bonds. The molecule has 1 aliphatic heterocycles. The van der Waals surface area contributed by atoms with Crippen LogP contribution in [0.5, 0.6) is 0 Å². The zero-order chi connectivity index (χ0) is 11.2. The summed E-state index contributed by atoms with van der Waals surface area (Å²) >= 11 is 1.76. The summed E-state index contributed by atoms with van der Waals surface area (Å²) in [5.41, 5.74) is 1.42. The molecule has 4 heteroatoms. The molecule has 0 radical (unpaired) electrons. The third kappa shape index (κ3) is 3.28. The highest BCUT2D eigenvalue weighted by atomic mass is 32.1. The maximum absolute atomic E-state index is 5.72. The lowest BCUT2D eigenvalue weighted by Gasteiger charge is -2.30. The Labute approximate surface area is 101 Å². The molecule has 1 N–H and O–H groups in total. The lowest BCUT2D eigenvalue weighted by atomic mass is 10.0. The van der Waals surface area contributed by atoms with E-state index in [1.165, 1.54) is 5.56 Å².